The quantitative estimate of drug-likeness (QED) is 0.420. The minimum absolute atomic E-state index is 0.0473. The third-order valence-corrected chi connectivity index (χ3v) is 4.78. The largest absolute Gasteiger partial charge is 0.493 e. The predicted molar refractivity (Wildman–Crippen MR) is 119 cm³/mol. The number of ether oxygens (including phenoxy) is 1. The molecule has 0 saturated carbocycles. The number of carbonyl (C=O) groups is 2. The first-order chi connectivity index (χ1) is 13.9. The first-order valence-corrected chi connectivity index (χ1v) is 10.3. The Morgan fingerprint density at radius 1 is 1.14 bits per heavy atom. The van der Waals surface area contributed by atoms with Crippen molar-refractivity contribution in [3.05, 3.63) is 57.6 Å². The smallest absolute Gasteiger partial charge is 0.240 e. The summed E-state index contributed by atoms with van der Waals surface area (Å²) >= 11 is 3.41. The molecule has 0 unspecified atom stereocenters. The summed E-state index contributed by atoms with van der Waals surface area (Å²) in [5.41, 5.74) is 6.09. The van der Waals surface area contributed by atoms with Crippen LogP contribution in [-0.4, -0.2) is 24.6 Å². The zero-order valence-electron chi connectivity index (χ0n) is 16.9. The average molecular weight is 460 g/mol. The number of aryl methyl sites for hydroxylation is 1. The molecule has 2 aromatic carbocycles. The Kier molecular flexibility index (Phi) is 8.86. The van der Waals surface area contributed by atoms with Gasteiger partial charge in [-0.05, 0) is 55.7 Å². The molecule has 0 atom stereocenters. The van der Waals surface area contributed by atoms with Gasteiger partial charge in [0.15, 0.2) is 0 Å². The topological polar surface area (TPSA) is 79.8 Å². The molecule has 154 valence electrons. The molecule has 0 spiro atoms. The van der Waals surface area contributed by atoms with Crippen molar-refractivity contribution in [2.45, 2.75) is 40.0 Å². The number of amides is 2. The lowest BCUT2D eigenvalue weighted by Crippen LogP contribution is -2.21. The zero-order chi connectivity index (χ0) is 21.2. The number of anilines is 1. The lowest BCUT2D eigenvalue weighted by Gasteiger charge is -2.10. The van der Waals surface area contributed by atoms with Crippen LogP contribution >= 0.6 is 15.9 Å². The summed E-state index contributed by atoms with van der Waals surface area (Å²) in [6, 6.07) is 11.3. The summed E-state index contributed by atoms with van der Waals surface area (Å²) in [5, 5.41) is 6.82. The number of hydrogen-bond donors (Lipinski definition) is 2. The molecule has 2 aromatic rings. The highest BCUT2D eigenvalue weighted by Crippen LogP contribution is 2.22. The number of hydrogen-bond acceptors (Lipinski definition) is 4. The van der Waals surface area contributed by atoms with E-state index in [0.717, 1.165) is 33.3 Å². The number of hydrazone groups is 1. The standard InChI is InChI=1S/C22H26BrN3O3/c1-4-12-29-20-9-8-18(23)13-17(20)14-24-26-22(28)11-10-21(27)25-19-7-5-6-15(2)16(19)3/h5-9,13-14H,4,10-12H2,1-3H3,(H,25,27)(H,26,28). The van der Waals surface area contributed by atoms with E-state index in [1.54, 1.807) is 0 Å². The minimum atomic E-state index is -0.330. The molecule has 0 bridgehead atoms. The van der Waals surface area contributed by atoms with Crippen molar-refractivity contribution in [3.63, 3.8) is 0 Å². The second-order valence-electron chi connectivity index (χ2n) is 6.62. The Labute approximate surface area is 179 Å². The van der Waals surface area contributed by atoms with Gasteiger partial charge in [-0.25, -0.2) is 5.43 Å². The SMILES string of the molecule is CCCOc1ccc(Br)cc1C=NNC(=O)CCC(=O)Nc1cccc(C)c1C. The second kappa shape index (κ2) is 11.4. The van der Waals surface area contributed by atoms with E-state index in [2.05, 4.69) is 31.8 Å². The number of benzene rings is 2. The average Bonchev–Trinajstić information content (AvgIpc) is 2.69. The van der Waals surface area contributed by atoms with Crippen LogP contribution < -0.4 is 15.5 Å². The van der Waals surface area contributed by atoms with E-state index in [9.17, 15) is 9.59 Å². The molecule has 0 aromatic heterocycles. The molecule has 7 heteroatoms. The van der Waals surface area contributed by atoms with Crippen LogP contribution in [0.1, 0.15) is 42.9 Å². The molecule has 0 aliphatic carbocycles. The first kappa shape index (κ1) is 22.6. The first-order valence-electron chi connectivity index (χ1n) is 9.51. The van der Waals surface area contributed by atoms with Gasteiger partial charge in [-0.3, -0.25) is 9.59 Å². The maximum atomic E-state index is 12.1. The van der Waals surface area contributed by atoms with E-state index >= 15 is 0 Å². The van der Waals surface area contributed by atoms with Gasteiger partial charge in [0.1, 0.15) is 5.75 Å². The van der Waals surface area contributed by atoms with Crippen molar-refractivity contribution in [1.82, 2.24) is 5.43 Å². The third kappa shape index (κ3) is 7.34. The van der Waals surface area contributed by atoms with Crippen molar-refractivity contribution in [3.8, 4) is 5.75 Å². The molecule has 0 aliphatic heterocycles. The monoisotopic (exact) mass is 459 g/mol. The highest BCUT2D eigenvalue weighted by Gasteiger charge is 2.09. The number of nitrogens with one attached hydrogen (secondary N) is 2. The van der Waals surface area contributed by atoms with Crippen molar-refractivity contribution in [2.24, 2.45) is 5.10 Å². The minimum Gasteiger partial charge on any atom is -0.493 e. The summed E-state index contributed by atoms with van der Waals surface area (Å²) in [7, 11) is 0. The second-order valence-corrected chi connectivity index (χ2v) is 7.54. The molecular formula is C22H26BrN3O3. The van der Waals surface area contributed by atoms with Crippen LogP contribution in [0, 0.1) is 13.8 Å². The maximum absolute atomic E-state index is 12.1. The van der Waals surface area contributed by atoms with Gasteiger partial charge in [-0.1, -0.05) is 35.0 Å². The Bertz CT molecular complexity index is 897. The third-order valence-electron chi connectivity index (χ3n) is 4.28. The Morgan fingerprint density at radius 3 is 2.66 bits per heavy atom. The fourth-order valence-corrected chi connectivity index (χ4v) is 2.90. The number of rotatable bonds is 9. The van der Waals surface area contributed by atoms with Crippen LogP contribution in [0.4, 0.5) is 5.69 Å². The molecule has 2 N–H and O–H groups in total. The van der Waals surface area contributed by atoms with Crippen molar-refractivity contribution in [1.29, 1.82) is 0 Å². The fraction of sp³-hybridized carbons (Fsp3) is 0.318. The lowest BCUT2D eigenvalue weighted by atomic mass is 10.1. The molecule has 0 fully saturated rings. The van der Waals surface area contributed by atoms with Gasteiger partial charge in [0, 0.05) is 28.6 Å². The molecule has 0 saturated heterocycles. The number of nitrogens with zero attached hydrogens (tertiary/aromatic N) is 1. The van der Waals surface area contributed by atoms with Crippen LogP contribution in [0.25, 0.3) is 0 Å². The summed E-state index contributed by atoms with van der Waals surface area (Å²) in [6.07, 6.45) is 2.56. The molecule has 2 amide bonds. The molecule has 0 radical (unpaired) electrons. The van der Waals surface area contributed by atoms with Crippen LogP contribution in [-0.2, 0) is 9.59 Å². The van der Waals surface area contributed by atoms with Gasteiger partial charge in [0.2, 0.25) is 11.8 Å². The fourth-order valence-electron chi connectivity index (χ4n) is 2.52. The normalized spacial score (nSPS) is 10.8. The van der Waals surface area contributed by atoms with Crippen molar-refractivity contribution in [2.75, 3.05) is 11.9 Å². The molecule has 0 aliphatic rings. The predicted octanol–water partition coefficient (Wildman–Crippen LogP) is 4.72. The molecule has 0 heterocycles. The highest BCUT2D eigenvalue weighted by molar-refractivity contribution is 9.10. The van der Waals surface area contributed by atoms with E-state index in [0.29, 0.717) is 12.4 Å². The Balaban J connectivity index is 1.84. The highest BCUT2D eigenvalue weighted by atomic mass is 79.9. The van der Waals surface area contributed by atoms with Gasteiger partial charge in [-0.15, -0.1) is 0 Å². The van der Waals surface area contributed by atoms with E-state index in [-0.39, 0.29) is 24.7 Å². The number of halogens is 1. The van der Waals surface area contributed by atoms with E-state index in [1.807, 2.05) is 57.2 Å². The Hall–Kier alpha value is -2.67. The van der Waals surface area contributed by atoms with Gasteiger partial charge in [-0.2, -0.15) is 5.10 Å². The molecule has 2 rings (SSSR count). The van der Waals surface area contributed by atoms with Gasteiger partial charge in [0.25, 0.3) is 0 Å². The van der Waals surface area contributed by atoms with Crippen LogP contribution in [0.3, 0.4) is 0 Å². The molecule has 6 nitrogen and oxygen atoms in total. The van der Waals surface area contributed by atoms with Gasteiger partial charge in [0.05, 0.1) is 12.8 Å². The van der Waals surface area contributed by atoms with E-state index < -0.39 is 0 Å². The van der Waals surface area contributed by atoms with E-state index in [1.165, 1.54) is 6.21 Å². The van der Waals surface area contributed by atoms with Crippen LogP contribution in [0.5, 0.6) is 5.75 Å². The summed E-state index contributed by atoms with van der Waals surface area (Å²) < 4.78 is 6.56. The lowest BCUT2D eigenvalue weighted by molar-refractivity contribution is -0.124. The number of carbonyl (C=O) groups excluding carboxylic acids is 2. The summed E-state index contributed by atoms with van der Waals surface area (Å²) in [4.78, 5) is 24.1. The molecule has 29 heavy (non-hydrogen) atoms. The van der Waals surface area contributed by atoms with Crippen LogP contribution in [0.2, 0.25) is 0 Å². The summed E-state index contributed by atoms with van der Waals surface area (Å²) in [6.45, 7) is 6.57. The van der Waals surface area contributed by atoms with Gasteiger partial charge >= 0.3 is 0 Å². The Morgan fingerprint density at radius 2 is 1.90 bits per heavy atom. The zero-order valence-corrected chi connectivity index (χ0v) is 18.5. The molecular weight excluding hydrogens is 434 g/mol. The summed E-state index contributed by atoms with van der Waals surface area (Å²) in [5.74, 6) is 0.157. The van der Waals surface area contributed by atoms with Crippen LogP contribution in [0.15, 0.2) is 46.0 Å². The van der Waals surface area contributed by atoms with E-state index in [4.69, 9.17) is 4.74 Å². The van der Waals surface area contributed by atoms with Crippen molar-refractivity contribution < 1.29 is 14.3 Å². The van der Waals surface area contributed by atoms with Gasteiger partial charge < -0.3 is 10.1 Å². The van der Waals surface area contributed by atoms with Crippen molar-refractivity contribution >= 4 is 39.6 Å². The maximum Gasteiger partial charge on any atom is 0.240 e.